The lowest BCUT2D eigenvalue weighted by Crippen LogP contribution is -2.67. The quantitative estimate of drug-likeness (QED) is 0.164. The van der Waals surface area contributed by atoms with E-state index in [0.29, 0.717) is 0 Å². The van der Waals surface area contributed by atoms with Crippen LogP contribution in [0.1, 0.15) is 6.92 Å². The van der Waals surface area contributed by atoms with E-state index in [0.717, 1.165) is 6.92 Å². The summed E-state index contributed by atoms with van der Waals surface area (Å²) in [5, 5.41) is 61.8. The Morgan fingerprint density at radius 3 is 2.03 bits per heavy atom. The summed E-state index contributed by atoms with van der Waals surface area (Å²) in [6.07, 6.45) is -15.6. The van der Waals surface area contributed by atoms with Crippen molar-refractivity contribution in [1.82, 2.24) is 5.32 Å². The van der Waals surface area contributed by atoms with Crippen molar-refractivity contribution in [3.8, 4) is 0 Å². The van der Waals surface area contributed by atoms with E-state index in [1.165, 1.54) is 0 Å². The Kier molecular flexibility index (Phi) is 8.47. The van der Waals surface area contributed by atoms with Crippen molar-refractivity contribution in [2.45, 2.75) is 68.3 Å². The molecule has 8 N–H and O–H groups in total. The molecule has 30 heavy (non-hydrogen) atoms. The molecular weight excluding hydrogens is 438 g/mol. The van der Waals surface area contributed by atoms with E-state index in [4.69, 9.17) is 18.8 Å². The summed E-state index contributed by atoms with van der Waals surface area (Å²) in [6, 6.07) is -1.38. The second kappa shape index (κ2) is 10.1. The molecule has 0 bridgehead atoms. The minimum atomic E-state index is -5.08. The second-order valence-corrected chi connectivity index (χ2v) is 7.81. The van der Waals surface area contributed by atoms with Crippen molar-refractivity contribution in [2.24, 2.45) is 0 Å². The SMILES string of the molecule is CC(=O)N[C@@H]1[C@@H](O)[C@H](O[C@@H]2O[C@H](CO)[C@H](OS(=O)(=O)O)[C@H](O)[C@H]2O)[C@@H](CO)O[C@H]1O. The average Bonchev–Trinajstić information content (AvgIpc) is 2.65. The first-order valence-corrected chi connectivity index (χ1v) is 10.1. The summed E-state index contributed by atoms with van der Waals surface area (Å²) in [6.45, 7) is -0.585. The van der Waals surface area contributed by atoms with Gasteiger partial charge in [-0.1, -0.05) is 0 Å². The van der Waals surface area contributed by atoms with Crippen LogP contribution in [0.3, 0.4) is 0 Å². The largest absolute Gasteiger partial charge is 0.397 e. The molecule has 15 nitrogen and oxygen atoms in total. The molecule has 10 atom stereocenters. The molecular formula is C14H25NO14S. The smallest absolute Gasteiger partial charge is 0.394 e. The van der Waals surface area contributed by atoms with Crippen LogP contribution in [0.5, 0.6) is 0 Å². The van der Waals surface area contributed by atoms with E-state index in [1.807, 2.05) is 0 Å². The van der Waals surface area contributed by atoms with Gasteiger partial charge in [0, 0.05) is 6.92 Å². The Hall–Kier alpha value is -1.02. The topological polar surface area (TPSA) is 242 Å². The Morgan fingerprint density at radius 1 is 0.967 bits per heavy atom. The number of hydrogen-bond acceptors (Lipinski definition) is 13. The molecule has 0 aromatic heterocycles. The summed E-state index contributed by atoms with van der Waals surface area (Å²) in [7, 11) is -5.08. The lowest BCUT2D eigenvalue weighted by atomic mass is 9.95. The molecule has 0 spiro atoms. The van der Waals surface area contributed by atoms with E-state index in [9.17, 15) is 43.9 Å². The highest BCUT2D eigenvalue weighted by Gasteiger charge is 2.52. The molecule has 0 aromatic carbocycles. The maximum atomic E-state index is 11.3. The fourth-order valence-corrected chi connectivity index (χ4v) is 3.74. The van der Waals surface area contributed by atoms with Gasteiger partial charge < -0.3 is 50.2 Å². The number of ether oxygens (including phenoxy) is 3. The first-order chi connectivity index (χ1) is 13.9. The molecule has 16 heteroatoms. The zero-order valence-corrected chi connectivity index (χ0v) is 16.4. The first-order valence-electron chi connectivity index (χ1n) is 8.72. The van der Waals surface area contributed by atoms with Gasteiger partial charge >= 0.3 is 10.4 Å². The Balaban J connectivity index is 2.20. The van der Waals surface area contributed by atoms with Crippen LogP contribution in [-0.2, 0) is 33.6 Å². The van der Waals surface area contributed by atoms with Crippen molar-refractivity contribution < 1.29 is 66.8 Å². The van der Waals surface area contributed by atoms with Gasteiger partial charge in [0.1, 0.15) is 48.8 Å². The van der Waals surface area contributed by atoms with Gasteiger partial charge in [-0.25, -0.2) is 4.18 Å². The van der Waals surface area contributed by atoms with Gasteiger partial charge in [0.05, 0.1) is 13.2 Å². The van der Waals surface area contributed by atoms with Crippen LogP contribution < -0.4 is 5.32 Å². The van der Waals surface area contributed by atoms with Crippen molar-refractivity contribution in [2.75, 3.05) is 13.2 Å². The molecule has 0 aliphatic carbocycles. The highest BCUT2D eigenvalue weighted by atomic mass is 32.3. The number of hydrogen-bond donors (Lipinski definition) is 8. The summed E-state index contributed by atoms with van der Waals surface area (Å²) in [5.41, 5.74) is 0. The van der Waals surface area contributed by atoms with Crippen molar-refractivity contribution in [3.63, 3.8) is 0 Å². The van der Waals surface area contributed by atoms with E-state index in [1.54, 1.807) is 0 Å². The van der Waals surface area contributed by atoms with Gasteiger partial charge in [-0.15, -0.1) is 0 Å². The van der Waals surface area contributed by atoms with E-state index >= 15 is 0 Å². The highest BCUT2D eigenvalue weighted by molar-refractivity contribution is 7.80. The van der Waals surface area contributed by atoms with Crippen LogP contribution >= 0.6 is 0 Å². The lowest BCUT2D eigenvalue weighted by Gasteiger charge is -2.46. The van der Waals surface area contributed by atoms with Crippen molar-refractivity contribution in [1.29, 1.82) is 0 Å². The van der Waals surface area contributed by atoms with Crippen LogP contribution in [0.2, 0.25) is 0 Å². The maximum Gasteiger partial charge on any atom is 0.397 e. The van der Waals surface area contributed by atoms with Crippen LogP contribution in [-0.4, -0.2) is 124 Å². The van der Waals surface area contributed by atoms with Gasteiger partial charge in [-0.05, 0) is 0 Å². The number of rotatable bonds is 7. The summed E-state index contributed by atoms with van der Waals surface area (Å²) < 4.78 is 50.5. The summed E-state index contributed by atoms with van der Waals surface area (Å²) in [4.78, 5) is 11.3. The monoisotopic (exact) mass is 463 g/mol. The molecule has 0 unspecified atom stereocenters. The number of aliphatic hydroxyl groups is 6. The number of aliphatic hydroxyl groups excluding tert-OH is 6. The zero-order valence-electron chi connectivity index (χ0n) is 15.6. The Labute approximate surface area is 170 Å². The maximum absolute atomic E-state index is 11.3. The first kappa shape index (κ1) is 25.2. The third kappa shape index (κ3) is 5.81. The van der Waals surface area contributed by atoms with E-state index in [2.05, 4.69) is 9.50 Å². The third-order valence-electron chi connectivity index (χ3n) is 4.59. The number of carbonyl (C=O) groups excluding carboxylic acids is 1. The molecule has 2 fully saturated rings. The average molecular weight is 463 g/mol. The van der Waals surface area contributed by atoms with Crippen LogP contribution in [0, 0.1) is 0 Å². The molecule has 0 radical (unpaired) electrons. The van der Waals surface area contributed by atoms with Gasteiger partial charge in [0.15, 0.2) is 12.6 Å². The van der Waals surface area contributed by atoms with E-state index < -0.39 is 90.9 Å². The molecule has 2 aliphatic heterocycles. The molecule has 2 heterocycles. The van der Waals surface area contributed by atoms with Gasteiger partial charge in [-0.2, -0.15) is 8.42 Å². The van der Waals surface area contributed by atoms with Crippen molar-refractivity contribution in [3.05, 3.63) is 0 Å². The normalized spacial score (nSPS) is 42.7. The van der Waals surface area contributed by atoms with Crippen molar-refractivity contribution >= 4 is 16.3 Å². The van der Waals surface area contributed by atoms with Crippen LogP contribution in [0.25, 0.3) is 0 Å². The van der Waals surface area contributed by atoms with Crippen LogP contribution in [0.4, 0.5) is 0 Å². The minimum Gasteiger partial charge on any atom is -0.394 e. The van der Waals surface area contributed by atoms with Gasteiger partial charge in [0.25, 0.3) is 0 Å². The zero-order chi connectivity index (χ0) is 22.8. The number of carbonyl (C=O) groups is 1. The second-order valence-electron chi connectivity index (χ2n) is 6.76. The molecule has 2 aliphatic rings. The number of nitrogens with one attached hydrogen (secondary N) is 1. The van der Waals surface area contributed by atoms with Gasteiger partial charge in [-0.3, -0.25) is 9.35 Å². The molecule has 176 valence electrons. The predicted molar refractivity (Wildman–Crippen MR) is 90.6 cm³/mol. The minimum absolute atomic E-state index is 0.627. The molecule has 0 aromatic rings. The third-order valence-corrected chi connectivity index (χ3v) is 5.05. The Morgan fingerprint density at radius 2 is 1.53 bits per heavy atom. The fraction of sp³-hybridized carbons (Fsp3) is 0.929. The Bertz CT molecular complexity index is 688. The molecule has 2 saturated heterocycles. The predicted octanol–water partition coefficient (Wildman–Crippen LogP) is -5.43. The number of amides is 1. The highest BCUT2D eigenvalue weighted by Crippen LogP contribution is 2.30. The molecule has 0 saturated carbocycles. The summed E-state index contributed by atoms with van der Waals surface area (Å²) in [5.74, 6) is -0.627. The van der Waals surface area contributed by atoms with E-state index in [-0.39, 0.29) is 0 Å². The van der Waals surface area contributed by atoms with Crippen LogP contribution in [0.15, 0.2) is 0 Å². The lowest BCUT2D eigenvalue weighted by molar-refractivity contribution is -0.343. The summed E-state index contributed by atoms with van der Waals surface area (Å²) >= 11 is 0. The standard InChI is InChI=1S/C14H25NO14S/c1-4(18)15-7-8(19)11(5(2-16)26-13(7)22)28-14-10(21)9(20)12(6(3-17)27-14)29-30(23,24)25/h5-14,16-17,19-22H,2-3H2,1H3,(H,15,18)(H,23,24,25)/t5-,6-,7-,8-,9-,10-,11-,12+,13-,14+/m1/s1. The molecule has 2 rings (SSSR count). The fourth-order valence-electron chi connectivity index (χ4n) is 3.22. The van der Waals surface area contributed by atoms with Gasteiger partial charge in [0.2, 0.25) is 5.91 Å². The molecule has 1 amide bonds.